The van der Waals surface area contributed by atoms with E-state index in [1.165, 1.54) is 25.0 Å². The van der Waals surface area contributed by atoms with Gasteiger partial charge in [-0.15, -0.1) is 0 Å². The second-order valence-corrected chi connectivity index (χ2v) is 5.61. The summed E-state index contributed by atoms with van der Waals surface area (Å²) in [4.78, 5) is 0.0876. The lowest BCUT2D eigenvalue weighted by Crippen LogP contribution is -2.30. The smallest absolute Gasteiger partial charge is 0.302 e. The molecule has 7 nitrogen and oxygen atoms in total. The van der Waals surface area contributed by atoms with Crippen LogP contribution in [0.2, 0.25) is 0 Å². The first-order valence-electron chi connectivity index (χ1n) is 4.27. The van der Waals surface area contributed by atoms with Crippen molar-refractivity contribution in [3.63, 3.8) is 0 Å². The van der Waals surface area contributed by atoms with Gasteiger partial charge in [-0.2, -0.15) is 17.8 Å². The van der Waals surface area contributed by atoms with E-state index < -0.39 is 10.2 Å². The maximum absolute atomic E-state index is 11.6. The minimum absolute atomic E-state index is 0.0876. The molecule has 3 N–H and O–H groups in total. The number of nitrogens with two attached hydrogens (primary N) is 1. The van der Waals surface area contributed by atoms with Crippen molar-refractivity contribution in [2.45, 2.75) is 0 Å². The van der Waals surface area contributed by atoms with Crippen LogP contribution in [-0.4, -0.2) is 41.6 Å². The number of nitrogens with one attached hydrogen (secondary N) is 1. The maximum Gasteiger partial charge on any atom is 0.302 e. The van der Waals surface area contributed by atoms with Crippen molar-refractivity contribution in [1.29, 1.82) is 0 Å². The van der Waals surface area contributed by atoms with Crippen LogP contribution < -0.4 is 10.5 Å². The molecule has 0 spiro atoms. The third-order valence-electron chi connectivity index (χ3n) is 1.91. The first-order valence-corrected chi connectivity index (χ1v) is 6.12. The fraction of sp³-hybridized carbons (Fsp3) is 0.429. The zero-order valence-corrected chi connectivity index (χ0v) is 10.8. The van der Waals surface area contributed by atoms with Gasteiger partial charge in [0.2, 0.25) is 0 Å². The van der Waals surface area contributed by atoms with E-state index in [0.717, 1.165) is 4.31 Å². The summed E-state index contributed by atoms with van der Waals surface area (Å²) in [5, 5.41) is 3.89. The second-order valence-electron chi connectivity index (χ2n) is 3.28. The molecule has 0 aromatic carbocycles. The Hall–Kier alpha value is -1.19. The summed E-state index contributed by atoms with van der Waals surface area (Å²) in [6.45, 7) is 0. The van der Waals surface area contributed by atoms with Gasteiger partial charge in [0.25, 0.3) is 0 Å². The zero-order valence-electron chi connectivity index (χ0n) is 9.13. The fourth-order valence-corrected chi connectivity index (χ4v) is 1.77. The van der Waals surface area contributed by atoms with Crippen molar-refractivity contribution in [1.82, 2.24) is 14.1 Å². The van der Waals surface area contributed by atoms with Gasteiger partial charge in [-0.25, -0.2) is 0 Å². The average molecular weight is 263 g/mol. The Morgan fingerprint density at radius 3 is 2.62 bits per heavy atom. The molecule has 16 heavy (non-hydrogen) atoms. The number of hydrogen-bond acceptors (Lipinski definition) is 4. The molecule has 0 saturated carbocycles. The highest BCUT2D eigenvalue weighted by Crippen LogP contribution is 2.15. The van der Waals surface area contributed by atoms with Crippen molar-refractivity contribution in [3.05, 3.63) is 11.8 Å². The van der Waals surface area contributed by atoms with Crippen LogP contribution in [0.3, 0.4) is 0 Å². The summed E-state index contributed by atoms with van der Waals surface area (Å²) < 4.78 is 28.0. The van der Waals surface area contributed by atoms with E-state index in [1.807, 2.05) is 0 Å². The summed E-state index contributed by atoms with van der Waals surface area (Å²) in [7, 11) is 0.832. The van der Waals surface area contributed by atoms with E-state index in [0.29, 0.717) is 5.56 Å². The molecule has 0 aliphatic heterocycles. The average Bonchev–Trinajstić information content (AvgIpc) is 2.47. The predicted molar refractivity (Wildman–Crippen MR) is 65.3 cm³/mol. The molecule has 0 aliphatic rings. The molecule has 9 heteroatoms. The third kappa shape index (κ3) is 2.49. The van der Waals surface area contributed by atoms with Crippen molar-refractivity contribution >= 4 is 33.2 Å². The Bertz CT molecular complexity index is 505. The van der Waals surface area contributed by atoms with E-state index in [1.54, 1.807) is 7.05 Å². The molecule has 0 unspecified atom stereocenters. The van der Waals surface area contributed by atoms with Gasteiger partial charge in [0.15, 0.2) is 0 Å². The van der Waals surface area contributed by atoms with Crippen LogP contribution >= 0.6 is 12.2 Å². The molecule has 0 bridgehead atoms. The number of nitrogens with zero attached hydrogens (tertiary/aromatic N) is 3. The number of hydrogen-bond donors (Lipinski definition) is 2. The lowest BCUT2D eigenvalue weighted by atomic mass is 10.3. The highest BCUT2D eigenvalue weighted by molar-refractivity contribution is 7.90. The molecule has 1 heterocycles. The van der Waals surface area contributed by atoms with Gasteiger partial charge in [0.05, 0.1) is 11.8 Å². The normalized spacial score (nSPS) is 11.8. The molecule has 0 atom stereocenters. The maximum atomic E-state index is 11.6. The summed E-state index contributed by atoms with van der Waals surface area (Å²) in [6.07, 6.45) is 1.41. The van der Waals surface area contributed by atoms with Crippen LogP contribution in [0.4, 0.5) is 5.82 Å². The van der Waals surface area contributed by atoms with Crippen LogP contribution in [0, 0.1) is 0 Å². The predicted octanol–water partition coefficient (Wildman–Crippen LogP) is -0.727. The summed E-state index contributed by atoms with van der Waals surface area (Å²) in [5.74, 6) is 0.251. The fourth-order valence-electron chi connectivity index (χ4n) is 0.952. The van der Waals surface area contributed by atoms with Gasteiger partial charge in [0, 0.05) is 21.1 Å². The standard InChI is InChI=1S/C7H13N5O2S2/c1-11(2)16(13,14)10-7-5(6(8)15)4-9-12(7)3/h4,10H,1-3H3,(H2,8,15). The largest absolute Gasteiger partial charge is 0.389 e. The molecule has 0 aliphatic carbocycles. The molecular weight excluding hydrogens is 250 g/mol. The highest BCUT2D eigenvalue weighted by atomic mass is 32.2. The topological polar surface area (TPSA) is 93.2 Å². The molecule has 90 valence electrons. The van der Waals surface area contributed by atoms with Gasteiger partial charge >= 0.3 is 10.2 Å². The van der Waals surface area contributed by atoms with Crippen molar-refractivity contribution in [2.75, 3.05) is 18.8 Å². The van der Waals surface area contributed by atoms with Gasteiger partial charge < -0.3 is 5.73 Å². The molecule has 1 rings (SSSR count). The monoisotopic (exact) mass is 263 g/mol. The van der Waals surface area contributed by atoms with Crippen molar-refractivity contribution in [2.24, 2.45) is 12.8 Å². The first-order chi connectivity index (χ1) is 7.25. The Kier molecular flexibility index (Phi) is 3.51. The summed E-state index contributed by atoms with van der Waals surface area (Å²) in [6, 6.07) is 0. The third-order valence-corrected chi connectivity index (χ3v) is 3.54. The minimum atomic E-state index is -3.59. The van der Waals surface area contributed by atoms with Crippen LogP contribution in [0.15, 0.2) is 6.20 Å². The highest BCUT2D eigenvalue weighted by Gasteiger charge is 2.19. The number of thiocarbonyl (C=S) groups is 1. The lowest BCUT2D eigenvalue weighted by Gasteiger charge is -2.14. The first kappa shape index (κ1) is 12.9. The van der Waals surface area contributed by atoms with Crippen LogP contribution in [0.5, 0.6) is 0 Å². The van der Waals surface area contributed by atoms with Crippen LogP contribution in [0.25, 0.3) is 0 Å². The summed E-state index contributed by atoms with van der Waals surface area (Å²) >= 11 is 4.79. The second kappa shape index (κ2) is 4.36. The van der Waals surface area contributed by atoms with E-state index in [-0.39, 0.29) is 10.8 Å². The molecule has 1 aromatic heterocycles. The van der Waals surface area contributed by atoms with Gasteiger partial charge in [-0.1, -0.05) is 12.2 Å². The van der Waals surface area contributed by atoms with Crippen LogP contribution in [0.1, 0.15) is 5.56 Å². The lowest BCUT2D eigenvalue weighted by molar-refractivity contribution is 0.526. The Morgan fingerprint density at radius 2 is 2.19 bits per heavy atom. The molecule has 0 saturated heterocycles. The van der Waals surface area contributed by atoms with Crippen molar-refractivity contribution < 1.29 is 8.42 Å². The van der Waals surface area contributed by atoms with Crippen LogP contribution in [-0.2, 0) is 17.3 Å². The molecule has 0 radical (unpaired) electrons. The Labute approximate surface area is 99.4 Å². The Balaban J connectivity index is 3.16. The molecule has 1 aromatic rings. The summed E-state index contributed by atoms with van der Waals surface area (Å²) in [5.41, 5.74) is 5.84. The SMILES string of the molecule is CN(C)S(=O)(=O)Nc1c(C(N)=S)cnn1C. The van der Waals surface area contributed by atoms with E-state index in [4.69, 9.17) is 18.0 Å². The van der Waals surface area contributed by atoms with Crippen molar-refractivity contribution in [3.8, 4) is 0 Å². The molecular formula is C7H13N5O2S2. The number of rotatable bonds is 4. The van der Waals surface area contributed by atoms with Gasteiger partial charge in [-0.05, 0) is 0 Å². The van der Waals surface area contributed by atoms with E-state index >= 15 is 0 Å². The Morgan fingerprint density at radius 1 is 1.62 bits per heavy atom. The number of aryl methyl sites for hydroxylation is 1. The van der Waals surface area contributed by atoms with E-state index in [9.17, 15) is 8.42 Å². The minimum Gasteiger partial charge on any atom is -0.389 e. The number of aromatic nitrogens is 2. The van der Waals surface area contributed by atoms with E-state index in [2.05, 4.69) is 9.82 Å². The quantitative estimate of drug-likeness (QED) is 0.699. The molecule has 0 fully saturated rings. The van der Waals surface area contributed by atoms with Gasteiger partial charge in [0.1, 0.15) is 10.8 Å². The van der Waals surface area contributed by atoms with Gasteiger partial charge in [-0.3, -0.25) is 9.40 Å². The number of anilines is 1. The molecule has 0 amide bonds. The zero-order chi connectivity index (χ0) is 12.5.